The molecule has 0 spiro atoms. The van der Waals surface area contributed by atoms with Crippen LogP contribution in [0.25, 0.3) is 0 Å². The van der Waals surface area contributed by atoms with Crippen molar-refractivity contribution >= 4 is 21.6 Å². The summed E-state index contributed by atoms with van der Waals surface area (Å²) in [4.78, 5) is 12.8. The lowest BCUT2D eigenvalue weighted by molar-refractivity contribution is -0.137. The molecule has 32 heavy (non-hydrogen) atoms. The average molecular weight is 471 g/mol. The van der Waals surface area contributed by atoms with Gasteiger partial charge in [0.1, 0.15) is 0 Å². The number of halogens is 3. The summed E-state index contributed by atoms with van der Waals surface area (Å²) < 4.78 is 63.6. The highest BCUT2D eigenvalue weighted by Crippen LogP contribution is 2.54. The zero-order valence-electron chi connectivity index (χ0n) is 17.8. The molecule has 1 aliphatic carbocycles. The van der Waals surface area contributed by atoms with Gasteiger partial charge < -0.3 is 10.4 Å². The van der Waals surface area contributed by atoms with Crippen LogP contribution in [0.5, 0.6) is 0 Å². The van der Waals surface area contributed by atoms with Crippen LogP contribution in [0.2, 0.25) is 0 Å². The minimum Gasteiger partial charge on any atom is -0.392 e. The lowest BCUT2D eigenvalue weighted by Gasteiger charge is -2.19. The number of sulfonamides is 1. The number of amides is 1. The van der Waals surface area contributed by atoms with E-state index >= 15 is 0 Å². The molecule has 0 aromatic heterocycles. The number of carbonyl (C=O) groups is 1. The number of nitrogens with one attached hydrogen (secondary N) is 2. The second kappa shape index (κ2) is 8.40. The molecule has 1 amide bonds. The van der Waals surface area contributed by atoms with Gasteiger partial charge in [0.2, 0.25) is 15.9 Å². The molecule has 3 N–H and O–H groups in total. The molecule has 1 fully saturated rings. The molecule has 2 aromatic rings. The maximum absolute atomic E-state index is 12.8. The third-order valence-electron chi connectivity index (χ3n) is 5.88. The second-order valence-corrected chi connectivity index (χ2v) is 10.2. The third-order valence-corrected chi connectivity index (χ3v) is 6.47. The zero-order valence-corrected chi connectivity index (χ0v) is 18.6. The van der Waals surface area contributed by atoms with Crippen molar-refractivity contribution in [2.75, 3.05) is 11.0 Å². The van der Waals surface area contributed by atoms with E-state index in [1.165, 1.54) is 18.2 Å². The molecule has 0 aliphatic heterocycles. The molecule has 6 nitrogen and oxygen atoms in total. The Labute approximate surface area is 184 Å². The van der Waals surface area contributed by atoms with E-state index in [4.69, 9.17) is 0 Å². The van der Waals surface area contributed by atoms with E-state index in [0.717, 1.165) is 18.4 Å². The molecular weight excluding hydrogens is 445 g/mol. The van der Waals surface area contributed by atoms with Gasteiger partial charge in [-0.1, -0.05) is 25.1 Å². The number of hydrogen-bond donors (Lipinski definition) is 3. The Hall–Kier alpha value is -2.59. The zero-order chi connectivity index (χ0) is 23.9. The van der Waals surface area contributed by atoms with Gasteiger partial charge in [-0.05, 0) is 48.7 Å². The summed E-state index contributed by atoms with van der Waals surface area (Å²) in [6.45, 7) is 3.22. The third kappa shape index (κ3) is 5.24. The van der Waals surface area contributed by atoms with Crippen molar-refractivity contribution < 1.29 is 31.5 Å². The number of alkyl halides is 3. The molecule has 3 rings (SSSR count). The smallest absolute Gasteiger partial charge is 0.392 e. The van der Waals surface area contributed by atoms with E-state index in [-0.39, 0.29) is 24.1 Å². The van der Waals surface area contributed by atoms with Crippen molar-refractivity contribution in [1.29, 1.82) is 0 Å². The summed E-state index contributed by atoms with van der Waals surface area (Å²) >= 11 is 0. The standard InChI is InChI=1S/C22H25F3N2O4S/c1-13(14-4-9-19(15(10-14)12-28)27-32(3,30)31)26-20(29)18-11-21(18,2)16-5-7-17(8-6-16)22(23,24)25/h4-10,13,18,27-28H,11-12H2,1-3H3,(H,26,29). The van der Waals surface area contributed by atoms with Gasteiger partial charge in [-0.25, -0.2) is 8.42 Å². The Morgan fingerprint density at radius 3 is 2.38 bits per heavy atom. The molecule has 1 saturated carbocycles. The van der Waals surface area contributed by atoms with Crippen molar-refractivity contribution in [2.45, 2.75) is 44.5 Å². The summed E-state index contributed by atoms with van der Waals surface area (Å²) in [7, 11) is -3.51. The molecule has 3 unspecified atom stereocenters. The molecule has 0 bridgehead atoms. The topological polar surface area (TPSA) is 95.5 Å². The van der Waals surface area contributed by atoms with Gasteiger partial charge in [0.05, 0.1) is 30.2 Å². The molecule has 1 aliphatic rings. The Balaban J connectivity index is 1.69. The number of carbonyl (C=O) groups excluding carboxylic acids is 1. The first kappa shape index (κ1) is 24.1. The largest absolute Gasteiger partial charge is 0.416 e. The fraction of sp³-hybridized carbons (Fsp3) is 0.409. The van der Waals surface area contributed by atoms with Crippen LogP contribution in [0.15, 0.2) is 42.5 Å². The van der Waals surface area contributed by atoms with E-state index in [9.17, 15) is 31.5 Å². The van der Waals surface area contributed by atoms with Crippen molar-refractivity contribution in [3.63, 3.8) is 0 Å². The van der Waals surface area contributed by atoms with Crippen molar-refractivity contribution in [3.8, 4) is 0 Å². The summed E-state index contributed by atoms with van der Waals surface area (Å²) in [6.07, 6.45) is -2.88. The first-order valence-corrected chi connectivity index (χ1v) is 11.8. The molecule has 174 valence electrons. The first-order valence-electron chi connectivity index (χ1n) is 9.94. The fourth-order valence-corrected chi connectivity index (χ4v) is 4.42. The molecule has 0 saturated heterocycles. The van der Waals surface area contributed by atoms with Crippen molar-refractivity contribution in [3.05, 3.63) is 64.7 Å². The Morgan fingerprint density at radius 2 is 1.84 bits per heavy atom. The number of benzene rings is 2. The van der Waals surface area contributed by atoms with Crippen LogP contribution in [0.1, 0.15) is 48.6 Å². The lowest BCUT2D eigenvalue weighted by Crippen LogP contribution is -2.30. The van der Waals surface area contributed by atoms with E-state index in [2.05, 4.69) is 10.0 Å². The van der Waals surface area contributed by atoms with Gasteiger partial charge in [-0.2, -0.15) is 13.2 Å². The summed E-state index contributed by atoms with van der Waals surface area (Å²) in [5.41, 5.74) is 0.724. The maximum atomic E-state index is 12.8. The molecular formula is C22H25F3N2O4S. The van der Waals surface area contributed by atoms with Gasteiger partial charge in [0, 0.05) is 16.9 Å². The number of hydrogen-bond acceptors (Lipinski definition) is 4. The monoisotopic (exact) mass is 470 g/mol. The SMILES string of the molecule is CC(NC(=O)C1CC1(C)c1ccc(C(F)(F)F)cc1)c1ccc(NS(C)(=O)=O)c(CO)c1. The Bertz CT molecular complexity index is 1120. The van der Waals surface area contributed by atoms with Crippen LogP contribution < -0.4 is 10.0 Å². The van der Waals surface area contributed by atoms with E-state index < -0.39 is 33.2 Å². The Morgan fingerprint density at radius 1 is 1.22 bits per heavy atom. The van der Waals surface area contributed by atoms with Crippen molar-refractivity contribution in [2.24, 2.45) is 5.92 Å². The highest BCUT2D eigenvalue weighted by atomic mass is 32.2. The molecule has 0 radical (unpaired) electrons. The molecule has 10 heteroatoms. The molecule has 0 heterocycles. The van der Waals surface area contributed by atoms with Gasteiger partial charge in [0.15, 0.2) is 0 Å². The van der Waals surface area contributed by atoms with Gasteiger partial charge in [-0.15, -0.1) is 0 Å². The van der Waals surface area contributed by atoms with Gasteiger partial charge >= 0.3 is 6.18 Å². The second-order valence-electron chi connectivity index (χ2n) is 8.43. The number of rotatable bonds is 7. The predicted molar refractivity (Wildman–Crippen MR) is 114 cm³/mol. The van der Waals surface area contributed by atoms with Gasteiger partial charge in [-0.3, -0.25) is 9.52 Å². The van der Waals surface area contributed by atoms with Crippen LogP contribution in [-0.4, -0.2) is 25.7 Å². The first-order chi connectivity index (χ1) is 14.7. The predicted octanol–water partition coefficient (Wildman–Crippen LogP) is 3.72. The highest BCUT2D eigenvalue weighted by Gasteiger charge is 2.55. The van der Waals surface area contributed by atoms with Crippen molar-refractivity contribution in [1.82, 2.24) is 5.32 Å². The Kier molecular flexibility index (Phi) is 6.32. The van der Waals surface area contributed by atoms with Crippen LogP contribution in [0.4, 0.5) is 18.9 Å². The average Bonchev–Trinajstić information content (AvgIpc) is 3.39. The van der Waals surface area contributed by atoms with Crippen LogP contribution >= 0.6 is 0 Å². The number of aliphatic hydroxyl groups is 1. The van der Waals surface area contributed by atoms with Crippen LogP contribution in [0, 0.1) is 5.92 Å². The molecule has 2 aromatic carbocycles. The lowest BCUT2D eigenvalue weighted by atomic mass is 9.94. The number of aliphatic hydroxyl groups excluding tert-OH is 1. The van der Waals surface area contributed by atoms with Crippen LogP contribution in [-0.2, 0) is 33.0 Å². The summed E-state index contributed by atoms with van der Waals surface area (Å²) in [5.74, 6) is -0.589. The number of anilines is 1. The van der Waals surface area contributed by atoms with E-state index in [1.807, 2.05) is 6.92 Å². The summed E-state index contributed by atoms with van der Waals surface area (Å²) in [5, 5.41) is 12.5. The van der Waals surface area contributed by atoms with Gasteiger partial charge in [0.25, 0.3) is 0 Å². The normalized spacial score (nSPS) is 21.7. The minimum atomic E-state index is -4.41. The minimum absolute atomic E-state index is 0.219. The van der Waals surface area contributed by atoms with E-state index in [0.29, 0.717) is 23.1 Å². The maximum Gasteiger partial charge on any atom is 0.416 e. The fourth-order valence-electron chi connectivity index (χ4n) is 3.82. The molecule has 3 atom stereocenters. The summed E-state index contributed by atoms with van der Waals surface area (Å²) in [6, 6.07) is 9.25. The highest BCUT2D eigenvalue weighted by molar-refractivity contribution is 7.92. The van der Waals surface area contributed by atoms with E-state index in [1.54, 1.807) is 19.1 Å². The van der Waals surface area contributed by atoms with Crippen LogP contribution in [0.3, 0.4) is 0 Å². The quantitative estimate of drug-likeness (QED) is 0.575.